The number of carbonyl (C=O) groups excluding carboxylic acids is 1. The number of hydrogen-bond acceptors (Lipinski definition) is 5. The Balaban J connectivity index is 1.33. The van der Waals surface area contributed by atoms with Gasteiger partial charge in [0.25, 0.3) is 0 Å². The van der Waals surface area contributed by atoms with Crippen molar-refractivity contribution in [3.8, 4) is 10.6 Å². The maximum Gasteiger partial charge on any atom is 0.338 e. The first-order chi connectivity index (χ1) is 13.2. The van der Waals surface area contributed by atoms with Crippen molar-refractivity contribution < 1.29 is 9.53 Å². The Morgan fingerprint density at radius 2 is 1.96 bits per heavy atom. The van der Waals surface area contributed by atoms with Gasteiger partial charge >= 0.3 is 5.97 Å². The van der Waals surface area contributed by atoms with E-state index in [9.17, 15) is 4.79 Å². The van der Waals surface area contributed by atoms with Gasteiger partial charge in [0.2, 0.25) is 0 Å². The van der Waals surface area contributed by atoms with Crippen LogP contribution in [-0.2, 0) is 11.3 Å². The standard InChI is InChI=1S/C22H22N2O2S/c1-16-15-27-21(23-16)18-7-9-19(10-8-18)22(25)26-20-11-12-24(14-20)13-17-5-3-2-4-6-17/h2-10,15,20H,11-14H2,1H3/t20-/m1/s1. The van der Waals surface area contributed by atoms with Gasteiger partial charge in [-0.2, -0.15) is 0 Å². The Labute approximate surface area is 163 Å². The van der Waals surface area contributed by atoms with Crippen LogP contribution in [0.2, 0.25) is 0 Å². The summed E-state index contributed by atoms with van der Waals surface area (Å²) in [6, 6.07) is 17.9. The number of likely N-dealkylation sites (tertiary alicyclic amines) is 1. The van der Waals surface area contributed by atoms with Crippen LogP contribution in [0.4, 0.5) is 0 Å². The van der Waals surface area contributed by atoms with Crippen LogP contribution in [0.15, 0.2) is 60.0 Å². The van der Waals surface area contributed by atoms with Crippen LogP contribution in [0, 0.1) is 6.92 Å². The van der Waals surface area contributed by atoms with Crippen molar-refractivity contribution in [1.82, 2.24) is 9.88 Å². The summed E-state index contributed by atoms with van der Waals surface area (Å²) in [4.78, 5) is 19.3. The second-order valence-electron chi connectivity index (χ2n) is 6.91. The Kier molecular flexibility index (Phi) is 5.32. The average molecular weight is 378 g/mol. The summed E-state index contributed by atoms with van der Waals surface area (Å²) in [5.74, 6) is -0.247. The molecule has 1 fully saturated rings. The topological polar surface area (TPSA) is 42.4 Å². The number of esters is 1. The second kappa shape index (κ2) is 8.03. The van der Waals surface area contributed by atoms with E-state index >= 15 is 0 Å². The molecule has 0 N–H and O–H groups in total. The third-order valence-electron chi connectivity index (χ3n) is 4.74. The van der Waals surface area contributed by atoms with Gasteiger partial charge in [-0.3, -0.25) is 4.90 Å². The Morgan fingerprint density at radius 3 is 2.67 bits per heavy atom. The highest BCUT2D eigenvalue weighted by molar-refractivity contribution is 7.13. The van der Waals surface area contributed by atoms with Crippen LogP contribution >= 0.6 is 11.3 Å². The summed E-state index contributed by atoms with van der Waals surface area (Å²) in [5, 5.41) is 3.00. The molecular formula is C22H22N2O2S. The monoisotopic (exact) mass is 378 g/mol. The molecular weight excluding hydrogens is 356 g/mol. The van der Waals surface area contributed by atoms with Gasteiger partial charge in [0, 0.05) is 36.3 Å². The van der Waals surface area contributed by atoms with Gasteiger partial charge in [-0.1, -0.05) is 42.5 Å². The number of rotatable bonds is 5. The number of thiazole rings is 1. The summed E-state index contributed by atoms with van der Waals surface area (Å²) >= 11 is 1.61. The van der Waals surface area contributed by atoms with E-state index in [2.05, 4.69) is 34.1 Å². The summed E-state index contributed by atoms with van der Waals surface area (Å²) in [7, 11) is 0. The minimum absolute atomic E-state index is 0.0394. The van der Waals surface area contributed by atoms with Crippen molar-refractivity contribution in [1.29, 1.82) is 0 Å². The van der Waals surface area contributed by atoms with E-state index < -0.39 is 0 Å². The number of nitrogens with zero attached hydrogens (tertiary/aromatic N) is 2. The zero-order valence-electron chi connectivity index (χ0n) is 15.3. The van der Waals surface area contributed by atoms with Gasteiger partial charge in [0.15, 0.2) is 0 Å². The van der Waals surface area contributed by atoms with Gasteiger partial charge < -0.3 is 4.74 Å². The Hall–Kier alpha value is -2.50. The summed E-state index contributed by atoms with van der Waals surface area (Å²) in [5.41, 5.74) is 3.92. The highest BCUT2D eigenvalue weighted by Gasteiger charge is 2.26. The maximum absolute atomic E-state index is 12.5. The van der Waals surface area contributed by atoms with Crippen LogP contribution in [0.25, 0.3) is 10.6 Å². The van der Waals surface area contributed by atoms with E-state index in [0.29, 0.717) is 5.56 Å². The fourth-order valence-electron chi connectivity index (χ4n) is 3.33. The molecule has 0 unspecified atom stereocenters. The molecule has 0 amide bonds. The maximum atomic E-state index is 12.5. The molecule has 27 heavy (non-hydrogen) atoms. The van der Waals surface area contributed by atoms with Crippen molar-refractivity contribution in [2.75, 3.05) is 13.1 Å². The van der Waals surface area contributed by atoms with Gasteiger partial charge in [0.1, 0.15) is 11.1 Å². The third-order valence-corrected chi connectivity index (χ3v) is 5.75. The average Bonchev–Trinajstić information content (AvgIpc) is 3.31. The lowest BCUT2D eigenvalue weighted by Gasteiger charge is -2.16. The molecule has 1 aliphatic heterocycles. The smallest absolute Gasteiger partial charge is 0.338 e. The minimum atomic E-state index is -0.247. The summed E-state index contributed by atoms with van der Waals surface area (Å²) in [6.07, 6.45) is 0.845. The fraction of sp³-hybridized carbons (Fsp3) is 0.273. The van der Waals surface area contributed by atoms with Crippen molar-refractivity contribution in [3.05, 3.63) is 76.8 Å². The van der Waals surface area contributed by atoms with Crippen molar-refractivity contribution in [3.63, 3.8) is 0 Å². The number of carbonyl (C=O) groups is 1. The Morgan fingerprint density at radius 1 is 1.19 bits per heavy atom. The summed E-state index contributed by atoms with van der Waals surface area (Å²) in [6.45, 7) is 4.62. The molecule has 5 heteroatoms. The molecule has 0 saturated carbocycles. The molecule has 4 rings (SSSR count). The molecule has 1 aliphatic rings. The van der Waals surface area contributed by atoms with E-state index in [-0.39, 0.29) is 12.1 Å². The normalized spacial score (nSPS) is 17.1. The molecule has 1 saturated heterocycles. The van der Waals surface area contributed by atoms with E-state index in [1.165, 1.54) is 5.56 Å². The molecule has 0 spiro atoms. The number of benzene rings is 2. The molecule has 3 aromatic rings. The van der Waals surface area contributed by atoms with Crippen molar-refractivity contribution >= 4 is 17.3 Å². The molecule has 0 radical (unpaired) electrons. The minimum Gasteiger partial charge on any atom is -0.457 e. The summed E-state index contributed by atoms with van der Waals surface area (Å²) < 4.78 is 5.72. The molecule has 0 bridgehead atoms. The number of aryl methyl sites for hydroxylation is 1. The lowest BCUT2D eigenvalue weighted by molar-refractivity contribution is 0.0320. The zero-order valence-corrected chi connectivity index (χ0v) is 16.1. The van der Waals surface area contributed by atoms with Crippen LogP contribution < -0.4 is 0 Å². The Bertz CT molecular complexity index is 906. The number of hydrogen-bond donors (Lipinski definition) is 0. The number of aromatic nitrogens is 1. The van der Waals surface area contributed by atoms with E-state index in [0.717, 1.165) is 42.3 Å². The van der Waals surface area contributed by atoms with Gasteiger partial charge in [-0.15, -0.1) is 11.3 Å². The molecule has 1 atom stereocenters. The molecule has 0 aliphatic carbocycles. The lowest BCUT2D eigenvalue weighted by Crippen LogP contribution is -2.24. The van der Waals surface area contributed by atoms with Crippen LogP contribution in [0.1, 0.15) is 28.0 Å². The van der Waals surface area contributed by atoms with Gasteiger partial charge in [-0.05, 0) is 31.0 Å². The van der Waals surface area contributed by atoms with Crippen LogP contribution in [-0.4, -0.2) is 35.0 Å². The molecule has 1 aromatic heterocycles. The molecule has 2 aromatic carbocycles. The lowest BCUT2D eigenvalue weighted by atomic mass is 10.1. The molecule has 4 nitrogen and oxygen atoms in total. The molecule has 138 valence electrons. The van der Waals surface area contributed by atoms with Crippen LogP contribution in [0.5, 0.6) is 0 Å². The van der Waals surface area contributed by atoms with Crippen LogP contribution in [0.3, 0.4) is 0 Å². The second-order valence-corrected chi connectivity index (χ2v) is 7.77. The van der Waals surface area contributed by atoms with Gasteiger partial charge in [-0.25, -0.2) is 9.78 Å². The largest absolute Gasteiger partial charge is 0.457 e. The van der Waals surface area contributed by atoms with E-state index in [1.54, 1.807) is 11.3 Å². The first-order valence-electron chi connectivity index (χ1n) is 9.17. The fourth-order valence-corrected chi connectivity index (χ4v) is 4.14. The first-order valence-corrected chi connectivity index (χ1v) is 10.1. The van der Waals surface area contributed by atoms with E-state index in [4.69, 9.17) is 4.74 Å². The first kappa shape index (κ1) is 17.9. The number of ether oxygens (including phenoxy) is 1. The quantitative estimate of drug-likeness (QED) is 0.611. The zero-order chi connectivity index (χ0) is 18.6. The third kappa shape index (κ3) is 4.43. The van der Waals surface area contributed by atoms with Crippen molar-refractivity contribution in [2.45, 2.75) is 26.0 Å². The predicted octanol–water partition coefficient (Wildman–Crippen LogP) is 4.55. The van der Waals surface area contributed by atoms with Gasteiger partial charge in [0.05, 0.1) is 5.56 Å². The SMILES string of the molecule is Cc1csc(-c2ccc(C(=O)O[C@@H]3CCN(Cc4ccccc4)C3)cc2)n1. The highest BCUT2D eigenvalue weighted by Crippen LogP contribution is 2.24. The van der Waals surface area contributed by atoms with Crippen molar-refractivity contribution in [2.24, 2.45) is 0 Å². The molecule has 2 heterocycles. The van der Waals surface area contributed by atoms with E-state index in [1.807, 2.05) is 42.6 Å². The highest BCUT2D eigenvalue weighted by atomic mass is 32.1. The predicted molar refractivity (Wildman–Crippen MR) is 108 cm³/mol.